The van der Waals surface area contributed by atoms with E-state index in [4.69, 9.17) is 4.74 Å². The Balaban J connectivity index is 1.56. The molecule has 5 nitrogen and oxygen atoms in total. The molecule has 2 bridgehead atoms. The number of imide groups is 1. The van der Waals surface area contributed by atoms with Gasteiger partial charge in [0.1, 0.15) is 0 Å². The fourth-order valence-electron chi connectivity index (χ4n) is 3.38. The molecule has 0 aliphatic carbocycles. The van der Waals surface area contributed by atoms with Crippen molar-refractivity contribution in [1.29, 1.82) is 0 Å². The van der Waals surface area contributed by atoms with E-state index in [0.717, 1.165) is 4.90 Å². The van der Waals surface area contributed by atoms with Crippen LogP contribution < -0.4 is 0 Å². The zero-order valence-corrected chi connectivity index (χ0v) is 11.1. The summed E-state index contributed by atoms with van der Waals surface area (Å²) in [6.07, 6.45) is 3.04. The standard InChI is InChI=1S/C16H13NO4/c18-10(9-4-2-1-3-5-9)8-17-15(19)13-11-6-7-12(21-11)14(13)16(17)20/h1-7,11-14H,8H2/t11-,12-,13-,14-/m1/s1. The van der Waals surface area contributed by atoms with Gasteiger partial charge in [-0.25, -0.2) is 0 Å². The quantitative estimate of drug-likeness (QED) is 0.468. The summed E-state index contributed by atoms with van der Waals surface area (Å²) in [5.74, 6) is -1.69. The van der Waals surface area contributed by atoms with Crippen molar-refractivity contribution < 1.29 is 19.1 Å². The Labute approximate surface area is 121 Å². The zero-order chi connectivity index (χ0) is 14.6. The lowest BCUT2D eigenvalue weighted by Crippen LogP contribution is -2.38. The first-order valence-corrected chi connectivity index (χ1v) is 6.94. The third-order valence-corrected chi connectivity index (χ3v) is 4.40. The number of fused-ring (bicyclic) bond motifs is 5. The highest BCUT2D eigenvalue weighted by atomic mass is 16.5. The maximum absolute atomic E-state index is 12.4. The minimum atomic E-state index is -0.448. The number of carbonyl (C=O) groups is 3. The maximum atomic E-state index is 12.4. The average molecular weight is 283 g/mol. The van der Waals surface area contributed by atoms with Crippen LogP contribution in [-0.2, 0) is 14.3 Å². The van der Waals surface area contributed by atoms with Crippen LogP contribution in [0.15, 0.2) is 42.5 Å². The molecule has 4 atom stereocenters. The summed E-state index contributed by atoms with van der Waals surface area (Å²) in [7, 11) is 0. The molecular formula is C16H13NO4. The van der Waals surface area contributed by atoms with Gasteiger partial charge in [0.25, 0.3) is 0 Å². The van der Waals surface area contributed by atoms with E-state index in [1.165, 1.54) is 0 Å². The Hall–Kier alpha value is -2.27. The van der Waals surface area contributed by atoms with E-state index in [-0.39, 0.29) is 36.4 Å². The van der Waals surface area contributed by atoms with Crippen molar-refractivity contribution in [3.8, 4) is 0 Å². The maximum Gasteiger partial charge on any atom is 0.236 e. The molecule has 2 saturated heterocycles. The summed E-state index contributed by atoms with van der Waals surface area (Å²) in [5, 5.41) is 0. The van der Waals surface area contributed by atoms with Crippen LogP contribution in [0.25, 0.3) is 0 Å². The predicted molar refractivity (Wildman–Crippen MR) is 72.3 cm³/mol. The molecule has 2 fully saturated rings. The second-order valence-electron chi connectivity index (χ2n) is 5.55. The molecule has 4 rings (SSSR count). The Morgan fingerprint density at radius 2 is 1.57 bits per heavy atom. The molecule has 1 aromatic carbocycles. The average Bonchev–Trinajstić information content (AvgIpc) is 3.18. The van der Waals surface area contributed by atoms with Gasteiger partial charge in [-0.3, -0.25) is 19.3 Å². The Morgan fingerprint density at radius 1 is 1.00 bits per heavy atom. The molecule has 5 heteroatoms. The molecule has 3 heterocycles. The molecule has 0 spiro atoms. The highest BCUT2D eigenvalue weighted by Gasteiger charge is 2.60. The number of benzene rings is 1. The smallest absolute Gasteiger partial charge is 0.236 e. The van der Waals surface area contributed by atoms with Crippen molar-refractivity contribution >= 4 is 17.6 Å². The minimum absolute atomic E-state index is 0.186. The van der Waals surface area contributed by atoms with Gasteiger partial charge in [-0.05, 0) is 0 Å². The lowest BCUT2D eigenvalue weighted by atomic mass is 9.85. The molecule has 1 aromatic rings. The van der Waals surface area contributed by atoms with Gasteiger partial charge < -0.3 is 4.74 Å². The molecule has 0 saturated carbocycles. The predicted octanol–water partition coefficient (Wildman–Crippen LogP) is 0.808. The Morgan fingerprint density at radius 3 is 2.14 bits per heavy atom. The molecule has 106 valence electrons. The highest BCUT2D eigenvalue weighted by molar-refractivity contribution is 6.10. The van der Waals surface area contributed by atoms with Gasteiger partial charge in [0.2, 0.25) is 11.8 Å². The second-order valence-corrected chi connectivity index (χ2v) is 5.55. The first kappa shape index (κ1) is 12.5. The van der Waals surface area contributed by atoms with Gasteiger partial charge in [-0.1, -0.05) is 42.5 Å². The summed E-state index contributed by atoms with van der Waals surface area (Å²) in [6.45, 7) is -0.186. The van der Waals surface area contributed by atoms with E-state index in [1.807, 2.05) is 18.2 Å². The normalized spacial score (nSPS) is 32.9. The molecule has 0 unspecified atom stereocenters. The molecule has 0 N–H and O–H groups in total. The molecule has 0 aromatic heterocycles. The fraction of sp³-hybridized carbons (Fsp3) is 0.312. The van der Waals surface area contributed by atoms with Gasteiger partial charge in [0.05, 0.1) is 30.6 Å². The number of rotatable bonds is 3. The van der Waals surface area contributed by atoms with Crippen LogP contribution in [0.2, 0.25) is 0 Å². The summed E-state index contributed by atoms with van der Waals surface area (Å²) in [5.41, 5.74) is 0.507. The summed E-state index contributed by atoms with van der Waals surface area (Å²) < 4.78 is 5.55. The van der Waals surface area contributed by atoms with E-state index in [9.17, 15) is 14.4 Å². The van der Waals surface area contributed by atoms with Crippen molar-refractivity contribution in [3.05, 3.63) is 48.0 Å². The fourth-order valence-corrected chi connectivity index (χ4v) is 3.38. The molecule has 0 radical (unpaired) electrons. The SMILES string of the molecule is O=C(CN1C(=O)[C@H]2[C@H](C1=O)[C@H]1C=C[C@H]2O1)c1ccccc1. The van der Waals surface area contributed by atoms with Gasteiger partial charge in [0.15, 0.2) is 5.78 Å². The lowest BCUT2D eigenvalue weighted by Gasteiger charge is -2.16. The summed E-state index contributed by atoms with van der Waals surface area (Å²) in [4.78, 5) is 38.1. The molecule has 21 heavy (non-hydrogen) atoms. The summed E-state index contributed by atoms with van der Waals surface area (Å²) >= 11 is 0. The minimum Gasteiger partial charge on any atom is -0.365 e. The zero-order valence-electron chi connectivity index (χ0n) is 11.1. The van der Waals surface area contributed by atoms with E-state index >= 15 is 0 Å². The number of amides is 2. The van der Waals surface area contributed by atoms with Crippen molar-refractivity contribution in [1.82, 2.24) is 4.90 Å². The van der Waals surface area contributed by atoms with Crippen LogP contribution in [0.4, 0.5) is 0 Å². The van der Waals surface area contributed by atoms with Crippen LogP contribution in [-0.4, -0.2) is 41.3 Å². The number of carbonyl (C=O) groups excluding carboxylic acids is 3. The van der Waals surface area contributed by atoms with Gasteiger partial charge in [-0.2, -0.15) is 0 Å². The number of Topliss-reactive ketones (excluding diaryl/α,β-unsaturated/α-hetero) is 1. The molecule has 2 amide bonds. The molecule has 3 aliphatic heterocycles. The molecule has 3 aliphatic rings. The highest BCUT2D eigenvalue weighted by Crippen LogP contribution is 2.44. The first-order valence-electron chi connectivity index (χ1n) is 6.94. The van der Waals surface area contributed by atoms with Gasteiger partial charge in [-0.15, -0.1) is 0 Å². The van der Waals surface area contributed by atoms with Crippen molar-refractivity contribution in [2.45, 2.75) is 12.2 Å². The van der Waals surface area contributed by atoms with Gasteiger partial charge >= 0.3 is 0 Å². The third-order valence-electron chi connectivity index (χ3n) is 4.40. The van der Waals surface area contributed by atoms with E-state index in [0.29, 0.717) is 5.56 Å². The lowest BCUT2D eigenvalue weighted by molar-refractivity contribution is -0.141. The third kappa shape index (κ3) is 1.70. The van der Waals surface area contributed by atoms with E-state index < -0.39 is 11.8 Å². The van der Waals surface area contributed by atoms with Crippen LogP contribution in [0, 0.1) is 11.8 Å². The van der Waals surface area contributed by atoms with Crippen LogP contribution in [0.1, 0.15) is 10.4 Å². The Kier molecular flexibility index (Phi) is 2.59. The van der Waals surface area contributed by atoms with Crippen molar-refractivity contribution in [2.75, 3.05) is 6.54 Å². The monoisotopic (exact) mass is 283 g/mol. The largest absolute Gasteiger partial charge is 0.365 e. The Bertz CT molecular complexity index is 636. The first-order chi connectivity index (χ1) is 10.2. The number of likely N-dealkylation sites (tertiary alicyclic amines) is 1. The van der Waals surface area contributed by atoms with Gasteiger partial charge in [0, 0.05) is 5.56 Å². The number of ether oxygens (including phenoxy) is 1. The van der Waals surface area contributed by atoms with Crippen LogP contribution >= 0.6 is 0 Å². The van der Waals surface area contributed by atoms with Crippen LogP contribution in [0.5, 0.6) is 0 Å². The number of hydrogen-bond donors (Lipinski definition) is 0. The van der Waals surface area contributed by atoms with Crippen LogP contribution in [0.3, 0.4) is 0 Å². The topological polar surface area (TPSA) is 63.7 Å². The molecular weight excluding hydrogens is 270 g/mol. The second kappa shape index (κ2) is 4.36. The van der Waals surface area contributed by atoms with E-state index in [2.05, 4.69) is 0 Å². The van der Waals surface area contributed by atoms with E-state index in [1.54, 1.807) is 24.3 Å². The van der Waals surface area contributed by atoms with Crippen molar-refractivity contribution in [3.63, 3.8) is 0 Å². The summed E-state index contributed by atoms with van der Waals surface area (Å²) in [6, 6.07) is 8.69. The van der Waals surface area contributed by atoms with Crippen molar-refractivity contribution in [2.24, 2.45) is 11.8 Å². The number of nitrogens with zero attached hydrogens (tertiary/aromatic N) is 1. The number of hydrogen-bond acceptors (Lipinski definition) is 4. The number of ketones is 1.